The van der Waals surface area contributed by atoms with E-state index >= 15 is 0 Å². The zero-order valence-corrected chi connectivity index (χ0v) is 13.7. The first-order valence-electron chi connectivity index (χ1n) is 7.35. The minimum absolute atomic E-state index is 0.274. The van der Waals surface area contributed by atoms with Crippen LogP contribution in [-0.4, -0.2) is 15.9 Å². The van der Waals surface area contributed by atoms with Crippen LogP contribution in [0.25, 0.3) is 0 Å². The van der Waals surface area contributed by atoms with Crippen LogP contribution in [0.4, 0.5) is 17.3 Å². The Hall–Kier alpha value is -2.92. The van der Waals surface area contributed by atoms with Crippen LogP contribution in [0.15, 0.2) is 60.8 Å². The molecule has 0 saturated heterocycles. The van der Waals surface area contributed by atoms with Gasteiger partial charge in [0.25, 0.3) is 5.91 Å². The van der Waals surface area contributed by atoms with Crippen molar-refractivity contribution in [2.24, 2.45) is 0 Å². The summed E-state index contributed by atoms with van der Waals surface area (Å²) in [5, 5.41) is 6.53. The van der Waals surface area contributed by atoms with Gasteiger partial charge in [0.1, 0.15) is 5.69 Å². The number of carbonyl (C=O) groups excluding carboxylic acids is 1. The molecular weight excluding hydrogens is 324 g/mol. The minimum atomic E-state index is -0.297. The molecule has 0 unspecified atom stereocenters. The van der Waals surface area contributed by atoms with Crippen LogP contribution in [0.1, 0.15) is 16.1 Å². The first-order valence-corrected chi connectivity index (χ1v) is 7.73. The molecule has 3 rings (SSSR count). The number of carbonyl (C=O) groups is 1. The van der Waals surface area contributed by atoms with E-state index in [1.165, 1.54) is 6.20 Å². The average molecular weight is 339 g/mol. The molecule has 0 aliphatic carbocycles. The quantitative estimate of drug-likeness (QED) is 0.738. The van der Waals surface area contributed by atoms with Crippen LogP contribution in [0, 0.1) is 6.92 Å². The minimum Gasteiger partial charge on any atom is -0.324 e. The third-order valence-corrected chi connectivity index (χ3v) is 3.84. The molecule has 120 valence electrons. The summed E-state index contributed by atoms with van der Waals surface area (Å²) in [6.45, 7) is 1.90. The van der Waals surface area contributed by atoms with E-state index in [-0.39, 0.29) is 11.6 Å². The molecule has 3 aromatic rings. The summed E-state index contributed by atoms with van der Waals surface area (Å²) in [4.78, 5) is 20.7. The summed E-state index contributed by atoms with van der Waals surface area (Å²) in [7, 11) is 0. The fourth-order valence-electron chi connectivity index (χ4n) is 2.13. The van der Waals surface area contributed by atoms with Crippen molar-refractivity contribution in [3.63, 3.8) is 0 Å². The zero-order chi connectivity index (χ0) is 16.9. The van der Waals surface area contributed by atoms with Gasteiger partial charge < -0.3 is 10.6 Å². The third-order valence-electron chi connectivity index (χ3n) is 3.43. The van der Waals surface area contributed by atoms with Gasteiger partial charge in [0.15, 0.2) is 0 Å². The fraction of sp³-hybridized carbons (Fsp3) is 0.0556. The molecule has 0 fully saturated rings. The van der Waals surface area contributed by atoms with E-state index in [9.17, 15) is 4.79 Å². The number of aromatic nitrogens is 2. The van der Waals surface area contributed by atoms with Crippen molar-refractivity contribution in [1.29, 1.82) is 0 Å². The predicted octanol–water partition coefficient (Wildman–Crippen LogP) is 4.43. The first kappa shape index (κ1) is 16.0. The van der Waals surface area contributed by atoms with Crippen LogP contribution in [0.3, 0.4) is 0 Å². The number of nitrogens with zero attached hydrogens (tertiary/aromatic N) is 2. The highest BCUT2D eigenvalue weighted by atomic mass is 35.5. The molecule has 5 nitrogen and oxygen atoms in total. The highest BCUT2D eigenvalue weighted by Gasteiger charge is 2.10. The second-order valence-electron chi connectivity index (χ2n) is 5.12. The van der Waals surface area contributed by atoms with Crippen molar-refractivity contribution in [3.05, 3.63) is 77.1 Å². The van der Waals surface area contributed by atoms with Crippen molar-refractivity contribution in [2.45, 2.75) is 6.92 Å². The molecule has 2 N–H and O–H groups in total. The third kappa shape index (κ3) is 3.70. The van der Waals surface area contributed by atoms with Gasteiger partial charge in [-0.25, -0.2) is 9.97 Å². The van der Waals surface area contributed by atoms with E-state index in [0.29, 0.717) is 16.7 Å². The zero-order valence-electron chi connectivity index (χ0n) is 13.0. The SMILES string of the molecule is Cc1c(Cl)cccc1Nc1nccc(C(=O)Nc2ccccc2)n1. The molecule has 0 spiro atoms. The van der Waals surface area contributed by atoms with Crippen molar-refractivity contribution in [1.82, 2.24) is 9.97 Å². The summed E-state index contributed by atoms with van der Waals surface area (Å²) >= 11 is 6.11. The van der Waals surface area contributed by atoms with E-state index in [4.69, 9.17) is 11.6 Å². The number of halogens is 1. The molecule has 0 aliphatic rings. The van der Waals surface area contributed by atoms with Gasteiger partial charge in [-0.2, -0.15) is 0 Å². The van der Waals surface area contributed by atoms with Gasteiger partial charge in [-0.05, 0) is 42.8 Å². The van der Waals surface area contributed by atoms with Crippen molar-refractivity contribution in [2.75, 3.05) is 10.6 Å². The Morgan fingerprint density at radius 3 is 2.62 bits per heavy atom. The average Bonchev–Trinajstić information content (AvgIpc) is 2.60. The van der Waals surface area contributed by atoms with Crippen LogP contribution in [-0.2, 0) is 0 Å². The van der Waals surface area contributed by atoms with E-state index < -0.39 is 0 Å². The largest absolute Gasteiger partial charge is 0.324 e. The Morgan fingerprint density at radius 2 is 1.83 bits per heavy atom. The molecule has 0 aliphatic heterocycles. The van der Waals surface area contributed by atoms with Gasteiger partial charge in [-0.15, -0.1) is 0 Å². The molecule has 1 amide bonds. The molecule has 0 bridgehead atoms. The van der Waals surface area contributed by atoms with Gasteiger partial charge >= 0.3 is 0 Å². The van der Waals surface area contributed by atoms with Crippen molar-refractivity contribution >= 4 is 34.8 Å². The molecule has 1 aromatic heterocycles. The number of hydrogen-bond donors (Lipinski definition) is 2. The van der Waals surface area contributed by atoms with E-state index in [1.807, 2.05) is 55.5 Å². The molecule has 0 radical (unpaired) electrons. The Bertz CT molecular complexity index is 868. The highest BCUT2D eigenvalue weighted by molar-refractivity contribution is 6.31. The lowest BCUT2D eigenvalue weighted by atomic mass is 10.2. The Kier molecular flexibility index (Phi) is 4.72. The van der Waals surface area contributed by atoms with Crippen LogP contribution in [0.2, 0.25) is 5.02 Å². The maximum absolute atomic E-state index is 12.3. The van der Waals surface area contributed by atoms with E-state index in [0.717, 1.165) is 11.3 Å². The highest BCUT2D eigenvalue weighted by Crippen LogP contribution is 2.24. The standard InChI is InChI=1S/C18H15ClN4O/c1-12-14(19)8-5-9-15(12)22-18-20-11-10-16(23-18)17(24)21-13-6-3-2-4-7-13/h2-11H,1H3,(H,21,24)(H,20,22,23). The number of para-hydroxylation sites is 1. The van der Waals surface area contributed by atoms with Gasteiger partial charge in [-0.1, -0.05) is 35.9 Å². The monoisotopic (exact) mass is 338 g/mol. The van der Waals surface area contributed by atoms with Crippen molar-refractivity contribution < 1.29 is 4.79 Å². The summed E-state index contributed by atoms with van der Waals surface area (Å²) < 4.78 is 0. The smallest absolute Gasteiger partial charge is 0.274 e. The van der Waals surface area contributed by atoms with Gasteiger partial charge in [0.05, 0.1) is 0 Å². The maximum Gasteiger partial charge on any atom is 0.274 e. The number of anilines is 3. The number of hydrogen-bond acceptors (Lipinski definition) is 4. The number of benzene rings is 2. The maximum atomic E-state index is 12.3. The number of nitrogens with one attached hydrogen (secondary N) is 2. The van der Waals surface area contributed by atoms with Crippen molar-refractivity contribution in [3.8, 4) is 0 Å². The van der Waals surface area contributed by atoms with Crippen LogP contribution in [0.5, 0.6) is 0 Å². The summed E-state index contributed by atoms with van der Waals surface area (Å²) in [5.74, 6) is 0.0375. The van der Waals surface area contributed by atoms with Crippen LogP contribution < -0.4 is 10.6 Å². The molecule has 6 heteroatoms. The molecular formula is C18H15ClN4O. The van der Waals surface area contributed by atoms with E-state index in [2.05, 4.69) is 20.6 Å². The lowest BCUT2D eigenvalue weighted by Crippen LogP contribution is -2.14. The summed E-state index contributed by atoms with van der Waals surface area (Å²) in [6.07, 6.45) is 1.54. The second-order valence-corrected chi connectivity index (χ2v) is 5.53. The Morgan fingerprint density at radius 1 is 1.04 bits per heavy atom. The number of amides is 1. The molecule has 1 heterocycles. The predicted molar refractivity (Wildman–Crippen MR) is 95.9 cm³/mol. The fourth-order valence-corrected chi connectivity index (χ4v) is 2.30. The first-order chi connectivity index (χ1) is 11.6. The van der Waals surface area contributed by atoms with Gasteiger partial charge in [0.2, 0.25) is 5.95 Å². The molecule has 2 aromatic carbocycles. The molecule has 0 atom stereocenters. The lowest BCUT2D eigenvalue weighted by molar-refractivity contribution is 0.102. The second kappa shape index (κ2) is 7.10. The molecule has 24 heavy (non-hydrogen) atoms. The summed E-state index contributed by atoms with van der Waals surface area (Å²) in [6, 6.07) is 16.3. The molecule has 0 saturated carbocycles. The normalized spacial score (nSPS) is 10.2. The van der Waals surface area contributed by atoms with E-state index in [1.54, 1.807) is 6.07 Å². The van der Waals surface area contributed by atoms with Gasteiger partial charge in [0, 0.05) is 22.6 Å². The Labute approximate surface area is 144 Å². The Balaban J connectivity index is 1.79. The van der Waals surface area contributed by atoms with Gasteiger partial charge in [-0.3, -0.25) is 4.79 Å². The number of rotatable bonds is 4. The van der Waals surface area contributed by atoms with Crippen LogP contribution >= 0.6 is 11.6 Å². The summed E-state index contributed by atoms with van der Waals surface area (Å²) in [5.41, 5.74) is 2.67. The topological polar surface area (TPSA) is 66.9 Å². The lowest BCUT2D eigenvalue weighted by Gasteiger charge is -2.10.